The van der Waals surface area contributed by atoms with Crippen molar-refractivity contribution in [2.75, 3.05) is 7.05 Å². The second-order valence-electron chi connectivity index (χ2n) is 3.95. The Morgan fingerprint density at radius 2 is 1.94 bits per heavy atom. The first kappa shape index (κ1) is 11.6. The van der Waals surface area contributed by atoms with Crippen molar-refractivity contribution in [3.8, 4) is 0 Å². The third-order valence-corrected chi connectivity index (χ3v) is 2.73. The number of urea groups is 1. The Kier molecular flexibility index (Phi) is 3.10. The van der Waals surface area contributed by atoms with Gasteiger partial charge in [0.05, 0.1) is 6.10 Å². The van der Waals surface area contributed by atoms with Crippen LogP contribution in [0.2, 0.25) is 0 Å². The minimum Gasteiger partial charge on any atom is -0.341 e. The summed E-state index contributed by atoms with van der Waals surface area (Å²) in [6, 6.07) is 9.12. The Morgan fingerprint density at radius 1 is 1.29 bits per heavy atom. The maximum atomic E-state index is 11.5. The van der Waals surface area contributed by atoms with Crippen LogP contribution in [0.15, 0.2) is 30.3 Å². The van der Waals surface area contributed by atoms with Crippen LogP contribution in [-0.4, -0.2) is 30.1 Å². The van der Waals surface area contributed by atoms with Crippen LogP contribution in [0.1, 0.15) is 18.6 Å². The molecule has 1 unspecified atom stereocenters. The van der Waals surface area contributed by atoms with Crippen molar-refractivity contribution in [3.05, 3.63) is 35.9 Å². The lowest BCUT2D eigenvalue weighted by molar-refractivity contribution is -0.140. The number of nitrogens with zero attached hydrogens (tertiary/aromatic N) is 1. The summed E-state index contributed by atoms with van der Waals surface area (Å²) in [6.45, 7) is 1.85. The summed E-state index contributed by atoms with van der Waals surface area (Å²) in [7, 11) is 1.53. The van der Waals surface area contributed by atoms with E-state index in [1.165, 1.54) is 11.9 Å². The molecule has 0 aliphatic carbocycles. The van der Waals surface area contributed by atoms with Crippen molar-refractivity contribution in [1.82, 2.24) is 10.2 Å². The van der Waals surface area contributed by atoms with Gasteiger partial charge in [0.25, 0.3) is 5.91 Å². The first-order valence-corrected chi connectivity index (χ1v) is 5.37. The maximum Gasteiger partial charge on any atom is 0.326 e. The Morgan fingerprint density at radius 3 is 2.47 bits per heavy atom. The highest BCUT2D eigenvalue weighted by molar-refractivity contribution is 6.03. The van der Waals surface area contributed by atoms with Gasteiger partial charge in [0.15, 0.2) is 0 Å². The molecule has 1 aliphatic heterocycles. The number of ether oxygens (including phenoxy) is 1. The number of amides is 3. The first-order chi connectivity index (χ1) is 8.09. The van der Waals surface area contributed by atoms with Crippen LogP contribution in [0.25, 0.3) is 0 Å². The normalized spacial score (nSPS) is 21.5. The minimum absolute atomic E-state index is 0.250. The molecule has 0 bridgehead atoms. The predicted molar refractivity (Wildman–Crippen MR) is 61.0 cm³/mol. The quantitative estimate of drug-likeness (QED) is 0.801. The molecule has 1 aromatic rings. The Bertz CT molecular complexity index is 433. The van der Waals surface area contributed by atoms with E-state index in [2.05, 4.69) is 5.32 Å². The molecule has 0 saturated carbocycles. The molecule has 5 nitrogen and oxygen atoms in total. The molecule has 1 fully saturated rings. The van der Waals surface area contributed by atoms with Gasteiger partial charge < -0.3 is 4.74 Å². The Hall–Kier alpha value is -1.88. The number of rotatable bonds is 3. The van der Waals surface area contributed by atoms with Crippen molar-refractivity contribution >= 4 is 11.9 Å². The lowest BCUT2D eigenvalue weighted by Gasteiger charge is -2.21. The fourth-order valence-electron chi connectivity index (χ4n) is 1.69. The highest BCUT2D eigenvalue weighted by Crippen LogP contribution is 2.20. The summed E-state index contributed by atoms with van der Waals surface area (Å²) in [4.78, 5) is 23.9. The Labute approximate surface area is 99.4 Å². The zero-order valence-corrected chi connectivity index (χ0v) is 9.71. The maximum absolute atomic E-state index is 11.5. The highest BCUT2D eigenvalue weighted by Gasteiger charge is 2.37. The van der Waals surface area contributed by atoms with Crippen LogP contribution in [0.3, 0.4) is 0 Å². The molecule has 3 amide bonds. The van der Waals surface area contributed by atoms with E-state index in [1.807, 2.05) is 37.3 Å². The second-order valence-corrected chi connectivity index (χ2v) is 3.95. The van der Waals surface area contributed by atoms with E-state index >= 15 is 0 Å². The molecule has 0 aromatic heterocycles. The van der Waals surface area contributed by atoms with Crippen molar-refractivity contribution < 1.29 is 14.3 Å². The third kappa shape index (κ3) is 2.29. The van der Waals surface area contributed by atoms with E-state index in [0.29, 0.717) is 0 Å². The molecule has 2 rings (SSSR count). The molecule has 5 heteroatoms. The second kappa shape index (κ2) is 4.55. The average Bonchev–Trinajstić information content (AvgIpc) is 2.57. The number of carbonyl (C=O) groups is 2. The summed E-state index contributed by atoms with van der Waals surface area (Å²) in [5.41, 5.74) is 0.966. The smallest absolute Gasteiger partial charge is 0.326 e. The third-order valence-electron chi connectivity index (χ3n) is 2.73. The molecule has 1 N–H and O–H groups in total. The van der Waals surface area contributed by atoms with Crippen molar-refractivity contribution in [3.63, 3.8) is 0 Å². The van der Waals surface area contributed by atoms with Gasteiger partial charge in [-0.25, -0.2) is 4.79 Å². The molecule has 1 aromatic carbocycles. The van der Waals surface area contributed by atoms with E-state index < -0.39 is 18.2 Å². The number of imide groups is 1. The van der Waals surface area contributed by atoms with Gasteiger partial charge in [-0.15, -0.1) is 0 Å². The van der Waals surface area contributed by atoms with Crippen LogP contribution in [-0.2, 0) is 9.53 Å². The summed E-state index contributed by atoms with van der Waals surface area (Å²) >= 11 is 0. The number of likely N-dealkylation sites (N-methyl/N-ethyl adjacent to an activating group) is 1. The predicted octanol–water partition coefficient (Wildman–Crippen LogP) is 1.27. The standard InChI is InChI=1S/C12H14N2O3/c1-8(9-6-4-3-5-7-9)17-11-10(15)13-12(16)14(11)2/h3-8,11H,1-2H3,(H,13,15,16)/t8?,11-/m0/s1. The number of nitrogens with one attached hydrogen (secondary N) is 1. The van der Waals surface area contributed by atoms with Crippen molar-refractivity contribution in [2.24, 2.45) is 0 Å². The van der Waals surface area contributed by atoms with Gasteiger partial charge in [0.1, 0.15) is 0 Å². The van der Waals surface area contributed by atoms with E-state index in [4.69, 9.17) is 4.74 Å². The zero-order chi connectivity index (χ0) is 12.4. The van der Waals surface area contributed by atoms with Crippen LogP contribution >= 0.6 is 0 Å². The molecule has 1 saturated heterocycles. The van der Waals surface area contributed by atoms with Crippen molar-refractivity contribution in [2.45, 2.75) is 19.3 Å². The summed E-state index contributed by atoms with van der Waals surface area (Å²) in [5, 5.41) is 2.20. The van der Waals surface area contributed by atoms with Gasteiger partial charge in [-0.05, 0) is 12.5 Å². The van der Waals surface area contributed by atoms with Crippen LogP contribution < -0.4 is 5.32 Å². The molecular formula is C12H14N2O3. The van der Waals surface area contributed by atoms with Crippen LogP contribution in [0.5, 0.6) is 0 Å². The summed E-state index contributed by atoms with van der Waals surface area (Å²) in [6.07, 6.45) is -1.10. The largest absolute Gasteiger partial charge is 0.341 e. The van der Waals surface area contributed by atoms with E-state index in [-0.39, 0.29) is 6.10 Å². The fraction of sp³-hybridized carbons (Fsp3) is 0.333. The molecular weight excluding hydrogens is 220 g/mol. The van der Waals surface area contributed by atoms with Gasteiger partial charge in [0.2, 0.25) is 6.23 Å². The number of hydrogen-bond donors (Lipinski definition) is 1. The number of hydrogen-bond acceptors (Lipinski definition) is 3. The summed E-state index contributed by atoms with van der Waals surface area (Å²) in [5.74, 6) is -0.416. The summed E-state index contributed by atoms with van der Waals surface area (Å²) < 4.78 is 5.59. The molecule has 90 valence electrons. The molecule has 2 atom stereocenters. The minimum atomic E-state index is -0.849. The average molecular weight is 234 g/mol. The Balaban J connectivity index is 2.07. The fourth-order valence-corrected chi connectivity index (χ4v) is 1.69. The van der Waals surface area contributed by atoms with E-state index in [1.54, 1.807) is 0 Å². The molecule has 17 heavy (non-hydrogen) atoms. The van der Waals surface area contributed by atoms with E-state index in [0.717, 1.165) is 5.56 Å². The number of carbonyl (C=O) groups excluding carboxylic acids is 2. The van der Waals surface area contributed by atoms with E-state index in [9.17, 15) is 9.59 Å². The van der Waals surface area contributed by atoms with Crippen molar-refractivity contribution in [1.29, 1.82) is 0 Å². The lowest BCUT2D eigenvalue weighted by atomic mass is 10.1. The molecule has 1 aliphatic rings. The lowest BCUT2D eigenvalue weighted by Crippen LogP contribution is -2.34. The van der Waals surface area contributed by atoms with Gasteiger partial charge >= 0.3 is 6.03 Å². The monoisotopic (exact) mass is 234 g/mol. The van der Waals surface area contributed by atoms with Crippen LogP contribution in [0, 0.1) is 0 Å². The topological polar surface area (TPSA) is 58.6 Å². The van der Waals surface area contributed by atoms with Gasteiger partial charge in [-0.2, -0.15) is 0 Å². The number of benzene rings is 1. The molecule has 1 heterocycles. The van der Waals surface area contributed by atoms with Crippen LogP contribution in [0.4, 0.5) is 4.79 Å². The van der Waals surface area contributed by atoms with Gasteiger partial charge in [-0.1, -0.05) is 30.3 Å². The van der Waals surface area contributed by atoms with Gasteiger partial charge in [-0.3, -0.25) is 15.0 Å². The van der Waals surface area contributed by atoms with Gasteiger partial charge in [0, 0.05) is 7.05 Å². The first-order valence-electron chi connectivity index (χ1n) is 5.37. The SMILES string of the molecule is CC(O[C@H]1C(=O)NC(=O)N1C)c1ccccc1. The zero-order valence-electron chi connectivity index (χ0n) is 9.71. The molecule has 0 radical (unpaired) electrons. The highest BCUT2D eigenvalue weighted by atomic mass is 16.5. The molecule has 0 spiro atoms.